The normalized spacial score (nSPS) is 19.6. The van der Waals surface area contributed by atoms with Crippen LogP contribution in [0.3, 0.4) is 0 Å². The fourth-order valence-corrected chi connectivity index (χ4v) is 4.17. The van der Waals surface area contributed by atoms with E-state index in [0.717, 1.165) is 16.7 Å². The second-order valence-corrected chi connectivity index (χ2v) is 8.06. The molecule has 148 valence electrons. The van der Waals surface area contributed by atoms with E-state index in [4.69, 9.17) is 9.97 Å². The molecule has 1 aliphatic rings. The first-order chi connectivity index (χ1) is 13.1. The molecule has 28 heavy (non-hydrogen) atoms. The number of hydrogen-bond donors (Lipinski definition) is 2. The second kappa shape index (κ2) is 8.76. The first-order valence-corrected chi connectivity index (χ1v) is 10.0. The summed E-state index contributed by atoms with van der Waals surface area (Å²) >= 11 is 0. The predicted molar refractivity (Wildman–Crippen MR) is 116 cm³/mol. The zero-order chi connectivity index (χ0) is 18.8. The predicted octanol–water partition coefficient (Wildman–Crippen LogP) is 5.19. The fourth-order valence-electron chi connectivity index (χ4n) is 4.17. The number of aromatic nitrogens is 3. The van der Waals surface area contributed by atoms with Crippen molar-refractivity contribution >= 4 is 10.9 Å². The lowest BCUT2D eigenvalue weighted by Gasteiger charge is -2.29. The van der Waals surface area contributed by atoms with Gasteiger partial charge in [0.25, 0.3) is 0 Å². The molecule has 0 saturated heterocycles. The molecule has 1 fully saturated rings. The quantitative estimate of drug-likeness (QED) is 0.654. The van der Waals surface area contributed by atoms with Crippen LogP contribution in [0.1, 0.15) is 56.8 Å². The highest BCUT2D eigenvalue weighted by atomic mass is 14.9. The molecule has 0 amide bonds. The second-order valence-electron chi connectivity index (χ2n) is 8.06. The highest BCUT2D eigenvalue weighted by Gasteiger charge is 2.24. The minimum atomic E-state index is 0. The van der Waals surface area contributed by atoms with Crippen LogP contribution in [0.2, 0.25) is 0 Å². The van der Waals surface area contributed by atoms with Crippen LogP contribution in [0.4, 0.5) is 0 Å². The number of pyridine rings is 1. The first kappa shape index (κ1) is 20.4. The lowest BCUT2D eigenvalue weighted by Crippen LogP contribution is -2.37. The summed E-state index contributed by atoms with van der Waals surface area (Å²) < 4.78 is 0. The van der Waals surface area contributed by atoms with Crippen molar-refractivity contribution in [1.82, 2.24) is 26.4 Å². The molecule has 5 heteroatoms. The molecule has 2 aromatic heterocycles. The third-order valence-electron chi connectivity index (χ3n) is 5.61. The summed E-state index contributed by atoms with van der Waals surface area (Å²) in [7, 11) is 0. The summed E-state index contributed by atoms with van der Waals surface area (Å²) in [5, 5.41) is 4.76. The van der Waals surface area contributed by atoms with Gasteiger partial charge < -0.3 is 11.5 Å². The molecule has 4 rings (SSSR count). The number of fused-ring (bicyclic) bond motifs is 1. The fraction of sp³-hybridized carbons (Fsp3) is 0.435. The summed E-state index contributed by atoms with van der Waals surface area (Å²) in [6, 6.07) is 9.69. The van der Waals surface area contributed by atoms with Crippen LogP contribution in [-0.2, 0) is 0 Å². The molecule has 0 radical (unpaired) electrons. The highest BCUT2D eigenvalue weighted by Crippen LogP contribution is 2.32. The maximum absolute atomic E-state index is 4.89. The third-order valence-corrected chi connectivity index (χ3v) is 5.61. The molecular formula is C23H31N5. The van der Waals surface area contributed by atoms with E-state index in [2.05, 4.69) is 49.3 Å². The Bertz CT molecular complexity index is 929. The molecule has 0 atom stereocenters. The van der Waals surface area contributed by atoms with Gasteiger partial charge in [-0.25, -0.2) is 9.97 Å². The van der Waals surface area contributed by atoms with Crippen LogP contribution in [-0.4, -0.2) is 27.0 Å². The number of nitrogens with zero attached hydrogens (tertiary/aromatic N) is 3. The number of aryl methyl sites for hydroxylation is 1. The van der Waals surface area contributed by atoms with E-state index in [9.17, 15) is 0 Å². The van der Waals surface area contributed by atoms with Gasteiger partial charge in [0, 0.05) is 47.5 Å². The van der Waals surface area contributed by atoms with Gasteiger partial charge in [-0.2, -0.15) is 0 Å². The van der Waals surface area contributed by atoms with Crippen molar-refractivity contribution in [2.45, 2.75) is 64.5 Å². The van der Waals surface area contributed by atoms with Crippen molar-refractivity contribution in [3.63, 3.8) is 0 Å². The van der Waals surface area contributed by atoms with E-state index < -0.39 is 0 Å². The van der Waals surface area contributed by atoms with Crippen LogP contribution in [0.15, 0.2) is 42.9 Å². The Labute approximate surface area is 167 Å². The Kier molecular flexibility index (Phi) is 6.37. The van der Waals surface area contributed by atoms with Gasteiger partial charge >= 0.3 is 0 Å². The molecule has 0 bridgehead atoms. The van der Waals surface area contributed by atoms with Crippen LogP contribution >= 0.6 is 0 Å². The summed E-state index contributed by atoms with van der Waals surface area (Å²) in [4.78, 5) is 13.9. The minimum Gasteiger partial charge on any atom is -0.344 e. The summed E-state index contributed by atoms with van der Waals surface area (Å²) in [5.41, 5.74) is 4.60. The van der Waals surface area contributed by atoms with Crippen LogP contribution in [0.5, 0.6) is 0 Å². The van der Waals surface area contributed by atoms with Gasteiger partial charge in [-0.1, -0.05) is 19.9 Å². The van der Waals surface area contributed by atoms with Gasteiger partial charge in [0.1, 0.15) is 5.82 Å². The minimum absolute atomic E-state index is 0. The Morgan fingerprint density at radius 3 is 2.54 bits per heavy atom. The molecule has 5 nitrogen and oxygen atoms in total. The first-order valence-electron chi connectivity index (χ1n) is 10.0. The summed E-state index contributed by atoms with van der Waals surface area (Å²) in [6.45, 7) is 6.56. The number of hydrogen-bond acceptors (Lipinski definition) is 5. The maximum Gasteiger partial charge on any atom is 0.132 e. The lowest BCUT2D eigenvalue weighted by molar-refractivity contribution is 0.320. The van der Waals surface area contributed by atoms with Crippen molar-refractivity contribution in [3.8, 4) is 11.1 Å². The smallest absolute Gasteiger partial charge is 0.132 e. The van der Waals surface area contributed by atoms with E-state index in [1.165, 1.54) is 42.4 Å². The van der Waals surface area contributed by atoms with E-state index in [1.54, 1.807) is 0 Å². The van der Waals surface area contributed by atoms with E-state index in [1.807, 2.05) is 24.7 Å². The van der Waals surface area contributed by atoms with Gasteiger partial charge in [0.15, 0.2) is 0 Å². The molecule has 1 aromatic carbocycles. The van der Waals surface area contributed by atoms with E-state index in [-0.39, 0.29) is 6.15 Å². The number of rotatable bonds is 4. The highest BCUT2D eigenvalue weighted by molar-refractivity contribution is 5.84. The van der Waals surface area contributed by atoms with Crippen molar-refractivity contribution in [1.29, 1.82) is 0 Å². The Morgan fingerprint density at radius 2 is 1.82 bits per heavy atom. The van der Waals surface area contributed by atoms with Gasteiger partial charge in [-0.3, -0.25) is 4.98 Å². The topological polar surface area (TPSA) is 85.7 Å². The average Bonchev–Trinajstić information content (AvgIpc) is 2.68. The molecule has 3 aromatic rings. The zero-order valence-corrected chi connectivity index (χ0v) is 17.2. The van der Waals surface area contributed by atoms with Crippen molar-refractivity contribution < 1.29 is 0 Å². The molecule has 1 aliphatic carbocycles. The van der Waals surface area contributed by atoms with E-state index >= 15 is 0 Å². The molecule has 2 heterocycles. The third kappa shape index (κ3) is 4.37. The van der Waals surface area contributed by atoms with Gasteiger partial charge in [0.05, 0.1) is 5.52 Å². The van der Waals surface area contributed by atoms with Gasteiger partial charge in [-0.05, 0) is 61.9 Å². The van der Waals surface area contributed by atoms with Crippen LogP contribution in [0.25, 0.3) is 22.0 Å². The Hall–Kier alpha value is -2.37. The van der Waals surface area contributed by atoms with Crippen LogP contribution in [0, 0.1) is 6.92 Å². The maximum atomic E-state index is 4.89. The Morgan fingerprint density at radius 1 is 1.04 bits per heavy atom. The Balaban J connectivity index is 0.00000225. The zero-order valence-electron chi connectivity index (χ0n) is 17.2. The molecule has 0 spiro atoms. The lowest BCUT2D eigenvalue weighted by atomic mass is 9.85. The monoisotopic (exact) mass is 377 g/mol. The molecule has 0 unspecified atom stereocenters. The summed E-state index contributed by atoms with van der Waals surface area (Å²) in [5.74, 6) is 1.50. The van der Waals surface area contributed by atoms with Crippen LogP contribution < -0.4 is 11.5 Å². The van der Waals surface area contributed by atoms with Crippen molar-refractivity contribution in [3.05, 3.63) is 54.2 Å². The standard InChI is InChI=1S/C23H28N4.H3N/c1-15(2)26-20-7-4-17(5-8-20)23-25-13-19-12-18(6-9-22(19)27-23)21-14-24-11-10-16(21)3;/h6,9-15,17,20,26H,4-5,7-8H2,1-3H3;1H3. The average molecular weight is 378 g/mol. The van der Waals surface area contributed by atoms with Gasteiger partial charge in [-0.15, -0.1) is 0 Å². The van der Waals surface area contributed by atoms with Crippen molar-refractivity contribution in [2.75, 3.05) is 0 Å². The molecule has 1 saturated carbocycles. The summed E-state index contributed by atoms with van der Waals surface area (Å²) in [6.07, 6.45) is 10.5. The number of nitrogens with one attached hydrogen (secondary N) is 1. The molecule has 4 N–H and O–H groups in total. The van der Waals surface area contributed by atoms with Gasteiger partial charge in [0.2, 0.25) is 0 Å². The molecular weight excluding hydrogens is 346 g/mol. The largest absolute Gasteiger partial charge is 0.344 e. The molecule has 0 aliphatic heterocycles. The van der Waals surface area contributed by atoms with Crippen molar-refractivity contribution in [2.24, 2.45) is 0 Å². The number of benzene rings is 1. The SMILES string of the molecule is Cc1ccncc1-c1ccc2nc(C3CCC(NC(C)C)CC3)ncc2c1.N. The van der Waals surface area contributed by atoms with E-state index in [0.29, 0.717) is 18.0 Å².